The lowest BCUT2D eigenvalue weighted by Crippen LogP contribution is -2.05. The lowest BCUT2D eigenvalue weighted by molar-refractivity contribution is 0.0432. The van der Waals surface area contributed by atoms with Crippen LogP contribution in [0.4, 0.5) is 4.39 Å². The first-order chi connectivity index (χ1) is 12.6. The first-order valence-electron chi connectivity index (χ1n) is 7.98. The summed E-state index contributed by atoms with van der Waals surface area (Å²) in [5.41, 5.74) is 1.88. The third-order valence-corrected chi connectivity index (χ3v) is 4.02. The summed E-state index contributed by atoms with van der Waals surface area (Å²) in [5.74, 6) is -0.772. The number of para-hydroxylation sites is 1. The number of rotatable bonds is 4. The summed E-state index contributed by atoms with van der Waals surface area (Å²) < 4.78 is 29.8. The standard InChI is InChI=1S/C20H14FNO4/c1-12-15-8-5-9-16(21)18(15)26-17(12)20(23)25-11-14-10-24-19(22-14)13-6-3-2-4-7-13/h2-10H,11H2,1H3. The summed E-state index contributed by atoms with van der Waals surface area (Å²) in [6.45, 7) is 1.61. The van der Waals surface area contributed by atoms with Crippen molar-refractivity contribution in [2.45, 2.75) is 13.5 Å². The smallest absolute Gasteiger partial charge is 0.374 e. The van der Waals surface area contributed by atoms with Crippen LogP contribution in [-0.2, 0) is 11.3 Å². The highest BCUT2D eigenvalue weighted by Gasteiger charge is 2.21. The molecule has 5 nitrogen and oxygen atoms in total. The zero-order chi connectivity index (χ0) is 18.1. The van der Waals surface area contributed by atoms with Crippen LogP contribution in [0.5, 0.6) is 0 Å². The Bertz CT molecular complexity index is 1080. The van der Waals surface area contributed by atoms with Crippen molar-refractivity contribution in [2.75, 3.05) is 0 Å². The van der Waals surface area contributed by atoms with Gasteiger partial charge in [0, 0.05) is 16.5 Å². The minimum atomic E-state index is -0.678. The molecular formula is C20H14FNO4. The Morgan fingerprint density at radius 1 is 1.15 bits per heavy atom. The van der Waals surface area contributed by atoms with E-state index in [1.54, 1.807) is 19.1 Å². The van der Waals surface area contributed by atoms with Gasteiger partial charge in [-0.25, -0.2) is 14.2 Å². The van der Waals surface area contributed by atoms with E-state index in [0.29, 0.717) is 22.5 Å². The highest BCUT2D eigenvalue weighted by Crippen LogP contribution is 2.28. The molecule has 0 fully saturated rings. The maximum absolute atomic E-state index is 13.8. The fourth-order valence-electron chi connectivity index (χ4n) is 2.70. The Hall–Kier alpha value is -3.41. The molecule has 4 rings (SSSR count). The first kappa shape index (κ1) is 16.1. The predicted molar refractivity (Wildman–Crippen MR) is 92.0 cm³/mol. The summed E-state index contributed by atoms with van der Waals surface area (Å²) in [5, 5.41) is 0.546. The van der Waals surface area contributed by atoms with E-state index >= 15 is 0 Å². The minimum absolute atomic E-state index is 0.0168. The van der Waals surface area contributed by atoms with Gasteiger partial charge in [-0.15, -0.1) is 0 Å². The Morgan fingerprint density at radius 3 is 2.73 bits per heavy atom. The van der Waals surface area contributed by atoms with Gasteiger partial charge >= 0.3 is 5.97 Å². The van der Waals surface area contributed by atoms with Crippen molar-refractivity contribution in [1.82, 2.24) is 4.98 Å². The molecule has 0 saturated heterocycles. The number of nitrogens with zero attached hydrogens (tertiary/aromatic N) is 1. The quantitative estimate of drug-likeness (QED) is 0.490. The number of benzene rings is 2. The zero-order valence-electron chi connectivity index (χ0n) is 13.9. The fourth-order valence-corrected chi connectivity index (χ4v) is 2.70. The van der Waals surface area contributed by atoms with Crippen molar-refractivity contribution in [1.29, 1.82) is 0 Å². The SMILES string of the molecule is Cc1c(C(=O)OCc2coc(-c3ccccc3)n2)oc2c(F)cccc12. The van der Waals surface area contributed by atoms with E-state index in [2.05, 4.69) is 4.98 Å². The van der Waals surface area contributed by atoms with Gasteiger partial charge in [0.2, 0.25) is 11.7 Å². The zero-order valence-corrected chi connectivity index (χ0v) is 13.9. The van der Waals surface area contributed by atoms with Gasteiger partial charge in [0.1, 0.15) is 18.6 Å². The average molecular weight is 351 g/mol. The lowest BCUT2D eigenvalue weighted by atomic mass is 10.1. The maximum Gasteiger partial charge on any atom is 0.374 e. The molecule has 0 N–H and O–H groups in total. The average Bonchev–Trinajstić information content (AvgIpc) is 3.27. The molecule has 0 spiro atoms. The number of hydrogen-bond donors (Lipinski definition) is 0. The summed E-state index contributed by atoms with van der Waals surface area (Å²) >= 11 is 0. The van der Waals surface area contributed by atoms with Gasteiger partial charge in [-0.1, -0.05) is 30.3 Å². The van der Waals surface area contributed by atoms with Crippen LogP contribution >= 0.6 is 0 Å². The molecule has 4 aromatic rings. The largest absolute Gasteiger partial charge is 0.453 e. The molecule has 0 amide bonds. The third kappa shape index (κ3) is 2.86. The van der Waals surface area contributed by atoms with E-state index < -0.39 is 11.8 Å². The number of halogens is 1. The molecule has 0 atom stereocenters. The molecule has 130 valence electrons. The van der Waals surface area contributed by atoms with Crippen LogP contribution in [0, 0.1) is 12.7 Å². The van der Waals surface area contributed by atoms with E-state index in [9.17, 15) is 9.18 Å². The van der Waals surface area contributed by atoms with Crippen molar-refractivity contribution in [2.24, 2.45) is 0 Å². The molecule has 0 bridgehead atoms. The van der Waals surface area contributed by atoms with Crippen LogP contribution in [0.25, 0.3) is 22.4 Å². The Morgan fingerprint density at radius 2 is 1.96 bits per heavy atom. The second kappa shape index (κ2) is 6.48. The Labute approximate surface area is 148 Å². The predicted octanol–water partition coefficient (Wildman–Crippen LogP) is 4.89. The number of esters is 1. The van der Waals surface area contributed by atoms with Gasteiger partial charge in [0.15, 0.2) is 11.4 Å². The van der Waals surface area contributed by atoms with Crippen LogP contribution in [0.1, 0.15) is 21.8 Å². The van der Waals surface area contributed by atoms with Gasteiger partial charge in [-0.2, -0.15) is 0 Å². The van der Waals surface area contributed by atoms with Crippen LogP contribution in [-0.4, -0.2) is 11.0 Å². The topological polar surface area (TPSA) is 65.5 Å². The highest BCUT2D eigenvalue weighted by atomic mass is 19.1. The van der Waals surface area contributed by atoms with E-state index in [1.165, 1.54) is 12.3 Å². The van der Waals surface area contributed by atoms with E-state index in [0.717, 1.165) is 5.56 Å². The van der Waals surface area contributed by atoms with E-state index in [4.69, 9.17) is 13.6 Å². The number of aryl methyl sites for hydroxylation is 1. The molecular weight excluding hydrogens is 337 g/mol. The molecule has 2 heterocycles. The normalized spacial score (nSPS) is 11.0. The number of ether oxygens (including phenoxy) is 1. The molecule has 0 aliphatic carbocycles. The van der Waals surface area contributed by atoms with Gasteiger partial charge < -0.3 is 13.6 Å². The molecule has 2 aromatic heterocycles. The summed E-state index contributed by atoms with van der Waals surface area (Å²) in [6.07, 6.45) is 1.43. The molecule has 2 aromatic carbocycles. The van der Waals surface area contributed by atoms with Gasteiger partial charge in [0.05, 0.1) is 0 Å². The number of carbonyl (C=O) groups is 1. The molecule has 0 aliphatic rings. The van der Waals surface area contributed by atoms with Crippen LogP contribution in [0.2, 0.25) is 0 Å². The third-order valence-electron chi connectivity index (χ3n) is 4.02. The van der Waals surface area contributed by atoms with Gasteiger partial charge in [-0.3, -0.25) is 0 Å². The van der Waals surface area contributed by atoms with Crippen molar-refractivity contribution in [3.05, 3.63) is 77.6 Å². The lowest BCUT2D eigenvalue weighted by Gasteiger charge is -2.00. The number of hydrogen-bond acceptors (Lipinski definition) is 5. The molecule has 6 heteroatoms. The Kier molecular flexibility index (Phi) is 4.01. The molecule has 0 aliphatic heterocycles. The highest BCUT2D eigenvalue weighted by molar-refractivity contribution is 5.96. The van der Waals surface area contributed by atoms with Crippen LogP contribution in [0.3, 0.4) is 0 Å². The monoisotopic (exact) mass is 351 g/mol. The molecule has 0 saturated carbocycles. The number of oxazole rings is 1. The van der Waals surface area contributed by atoms with E-state index in [1.807, 2.05) is 30.3 Å². The van der Waals surface area contributed by atoms with Crippen molar-refractivity contribution in [3.63, 3.8) is 0 Å². The number of carbonyl (C=O) groups excluding carboxylic acids is 1. The summed E-state index contributed by atoms with van der Waals surface area (Å²) in [7, 11) is 0. The van der Waals surface area contributed by atoms with Crippen molar-refractivity contribution >= 4 is 16.9 Å². The fraction of sp³-hybridized carbons (Fsp3) is 0.100. The molecule has 0 radical (unpaired) electrons. The summed E-state index contributed by atoms with van der Waals surface area (Å²) in [6, 6.07) is 13.9. The Balaban J connectivity index is 1.50. The van der Waals surface area contributed by atoms with Crippen LogP contribution in [0.15, 0.2) is 63.6 Å². The van der Waals surface area contributed by atoms with E-state index in [-0.39, 0.29) is 18.0 Å². The molecule has 26 heavy (non-hydrogen) atoms. The molecule has 0 unspecified atom stereocenters. The number of fused-ring (bicyclic) bond motifs is 1. The van der Waals surface area contributed by atoms with Gasteiger partial charge in [0.25, 0.3) is 0 Å². The second-order valence-electron chi connectivity index (χ2n) is 5.76. The minimum Gasteiger partial charge on any atom is -0.453 e. The van der Waals surface area contributed by atoms with Crippen LogP contribution < -0.4 is 0 Å². The first-order valence-corrected chi connectivity index (χ1v) is 7.98. The maximum atomic E-state index is 13.8. The number of furan rings is 1. The van der Waals surface area contributed by atoms with Crippen molar-refractivity contribution < 1.29 is 22.8 Å². The van der Waals surface area contributed by atoms with Gasteiger partial charge in [-0.05, 0) is 25.1 Å². The number of aromatic nitrogens is 1. The summed E-state index contributed by atoms with van der Waals surface area (Å²) in [4.78, 5) is 16.6. The van der Waals surface area contributed by atoms with Crippen molar-refractivity contribution in [3.8, 4) is 11.5 Å². The second-order valence-corrected chi connectivity index (χ2v) is 5.76.